The number of Topliss-reactive ketones (excluding diaryl/α,β-unsaturated/α-hetero) is 1. The van der Waals surface area contributed by atoms with E-state index in [-0.39, 0.29) is 12.3 Å². The summed E-state index contributed by atoms with van der Waals surface area (Å²) in [4.78, 5) is 12.1. The van der Waals surface area contributed by atoms with Gasteiger partial charge in [-0.25, -0.2) is 4.68 Å². The highest BCUT2D eigenvalue weighted by atomic mass is 19.4. The Morgan fingerprint density at radius 2 is 1.85 bits per heavy atom. The van der Waals surface area contributed by atoms with E-state index in [2.05, 4.69) is 10.3 Å². The van der Waals surface area contributed by atoms with Crippen LogP contribution in [0.3, 0.4) is 0 Å². The first-order valence-electron chi connectivity index (χ1n) is 8.46. The van der Waals surface area contributed by atoms with Crippen molar-refractivity contribution in [2.45, 2.75) is 32.5 Å². The zero-order chi connectivity index (χ0) is 19.4. The van der Waals surface area contributed by atoms with E-state index in [1.165, 1.54) is 4.68 Å². The summed E-state index contributed by atoms with van der Waals surface area (Å²) >= 11 is 0. The van der Waals surface area contributed by atoms with Crippen LogP contribution in [-0.4, -0.2) is 20.8 Å². The molecule has 0 atom stereocenters. The van der Waals surface area contributed by atoms with Crippen molar-refractivity contribution in [1.29, 1.82) is 0 Å². The van der Waals surface area contributed by atoms with Gasteiger partial charge in [0.1, 0.15) is 0 Å². The first kappa shape index (κ1) is 18.8. The van der Waals surface area contributed by atoms with Crippen LogP contribution in [0.25, 0.3) is 0 Å². The number of carbonyl (C=O) groups is 1. The molecule has 140 valence electrons. The molecule has 0 aliphatic heterocycles. The largest absolute Gasteiger partial charge is 0.416 e. The number of ketones is 1. The van der Waals surface area contributed by atoms with Crippen molar-refractivity contribution in [2.24, 2.45) is 0 Å². The lowest BCUT2D eigenvalue weighted by Crippen LogP contribution is -2.08. The standard InChI is InChI=1S/C20H18F3N3O/c1-14-9-15(11-17(10-14)20(21,22)23)12-26-13-18(24-25-26)7-8-19(27)16-5-3-2-4-6-16/h2-6,9-11,13H,7-8,12H2,1H3. The summed E-state index contributed by atoms with van der Waals surface area (Å²) in [6, 6.07) is 12.9. The molecule has 4 nitrogen and oxygen atoms in total. The minimum absolute atomic E-state index is 0.0126. The van der Waals surface area contributed by atoms with Gasteiger partial charge in [0.2, 0.25) is 0 Å². The number of aromatic nitrogens is 3. The fraction of sp³-hybridized carbons (Fsp3) is 0.250. The van der Waals surface area contributed by atoms with Gasteiger partial charge in [0.15, 0.2) is 5.78 Å². The SMILES string of the molecule is Cc1cc(Cn2cc(CCC(=O)c3ccccc3)nn2)cc(C(F)(F)F)c1. The van der Waals surface area contributed by atoms with Crippen LogP contribution in [0.15, 0.2) is 54.7 Å². The van der Waals surface area contributed by atoms with Gasteiger partial charge in [0.25, 0.3) is 0 Å². The number of halogens is 3. The normalized spacial score (nSPS) is 11.6. The number of hydrogen-bond donors (Lipinski definition) is 0. The molecule has 1 aromatic heterocycles. The maximum atomic E-state index is 12.9. The summed E-state index contributed by atoms with van der Waals surface area (Å²) in [5.74, 6) is 0.0126. The maximum absolute atomic E-state index is 12.9. The van der Waals surface area contributed by atoms with Crippen molar-refractivity contribution in [1.82, 2.24) is 15.0 Å². The molecule has 0 unspecified atom stereocenters. The Hall–Kier alpha value is -2.96. The van der Waals surface area contributed by atoms with Crippen LogP contribution in [-0.2, 0) is 19.1 Å². The molecule has 0 bridgehead atoms. The summed E-state index contributed by atoms with van der Waals surface area (Å²) in [6.45, 7) is 1.81. The Balaban J connectivity index is 1.65. The van der Waals surface area contributed by atoms with E-state index in [0.717, 1.165) is 12.1 Å². The van der Waals surface area contributed by atoms with E-state index < -0.39 is 11.7 Å². The molecule has 0 fully saturated rings. The molecule has 1 heterocycles. The lowest BCUT2D eigenvalue weighted by molar-refractivity contribution is -0.137. The van der Waals surface area contributed by atoms with Gasteiger partial charge in [-0.05, 0) is 24.6 Å². The van der Waals surface area contributed by atoms with Crippen LogP contribution in [0.1, 0.15) is 39.2 Å². The highest BCUT2D eigenvalue weighted by Gasteiger charge is 2.30. The molecule has 0 saturated carbocycles. The molecule has 0 radical (unpaired) electrons. The second-order valence-corrected chi connectivity index (χ2v) is 6.40. The Kier molecular flexibility index (Phi) is 5.39. The third-order valence-electron chi connectivity index (χ3n) is 4.10. The van der Waals surface area contributed by atoms with Gasteiger partial charge in [-0.3, -0.25) is 4.79 Å². The monoisotopic (exact) mass is 373 g/mol. The van der Waals surface area contributed by atoms with E-state index in [1.807, 2.05) is 6.07 Å². The highest BCUT2D eigenvalue weighted by Crippen LogP contribution is 2.30. The molecule has 0 aliphatic rings. The maximum Gasteiger partial charge on any atom is 0.416 e. The quantitative estimate of drug-likeness (QED) is 0.599. The van der Waals surface area contributed by atoms with Crippen molar-refractivity contribution < 1.29 is 18.0 Å². The average Bonchev–Trinajstić information content (AvgIpc) is 3.06. The molecule has 0 aliphatic carbocycles. The Morgan fingerprint density at radius 3 is 2.56 bits per heavy atom. The van der Waals surface area contributed by atoms with Crippen LogP contribution >= 0.6 is 0 Å². The summed E-state index contributed by atoms with van der Waals surface area (Å²) in [6.07, 6.45) is -2.00. The fourth-order valence-corrected chi connectivity index (χ4v) is 2.84. The van der Waals surface area contributed by atoms with Crippen LogP contribution in [0, 0.1) is 6.92 Å². The van der Waals surface area contributed by atoms with Crippen LogP contribution in [0.4, 0.5) is 13.2 Å². The highest BCUT2D eigenvalue weighted by molar-refractivity contribution is 5.96. The number of carbonyl (C=O) groups excluding carboxylic acids is 1. The van der Waals surface area contributed by atoms with E-state index in [4.69, 9.17) is 0 Å². The van der Waals surface area contributed by atoms with E-state index in [0.29, 0.717) is 35.2 Å². The first-order valence-corrected chi connectivity index (χ1v) is 8.46. The zero-order valence-electron chi connectivity index (χ0n) is 14.7. The topological polar surface area (TPSA) is 47.8 Å². The molecule has 3 rings (SSSR count). The van der Waals surface area contributed by atoms with Crippen molar-refractivity contribution in [2.75, 3.05) is 0 Å². The number of alkyl halides is 3. The van der Waals surface area contributed by atoms with Gasteiger partial charge in [0, 0.05) is 24.6 Å². The molecule has 0 saturated heterocycles. The van der Waals surface area contributed by atoms with Crippen molar-refractivity contribution in [3.63, 3.8) is 0 Å². The van der Waals surface area contributed by atoms with E-state index in [1.54, 1.807) is 43.5 Å². The molecular weight excluding hydrogens is 355 g/mol. The van der Waals surface area contributed by atoms with Crippen molar-refractivity contribution in [3.8, 4) is 0 Å². The second kappa shape index (κ2) is 7.73. The predicted octanol–water partition coefficient (Wildman–Crippen LogP) is 4.47. The van der Waals surface area contributed by atoms with E-state index in [9.17, 15) is 18.0 Å². The summed E-state index contributed by atoms with van der Waals surface area (Å²) < 4.78 is 40.3. The van der Waals surface area contributed by atoms with Crippen LogP contribution in [0.5, 0.6) is 0 Å². The molecule has 0 spiro atoms. The molecule has 27 heavy (non-hydrogen) atoms. The number of nitrogens with zero attached hydrogens (tertiary/aromatic N) is 3. The smallest absolute Gasteiger partial charge is 0.294 e. The van der Waals surface area contributed by atoms with Gasteiger partial charge in [-0.1, -0.05) is 47.2 Å². The van der Waals surface area contributed by atoms with E-state index >= 15 is 0 Å². The van der Waals surface area contributed by atoms with Gasteiger partial charge in [-0.2, -0.15) is 13.2 Å². The third-order valence-corrected chi connectivity index (χ3v) is 4.10. The molecule has 7 heteroatoms. The lowest BCUT2D eigenvalue weighted by Gasteiger charge is -2.10. The number of hydrogen-bond acceptors (Lipinski definition) is 3. The Labute approximate surface area is 154 Å². The summed E-state index contributed by atoms with van der Waals surface area (Å²) in [5, 5.41) is 7.97. The van der Waals surface area contributed by atoms with Gasteiger partial charge >= 0.3 is 6.18 Å². The predicted molar refractivity (Wildman–Crippen MR) is 94.4 cm³/mol. The number of rotatable bonds is 6. The summed E-state index contributed by atoms with van der Waals surface area (Å²) in [7, 11) is 0. The zero-order valence-corrected chi connectivity index (χ0v) is 14.7. The van der Waals surface area contributed by atoms with Gasteiger partial charge in [-0.15, -0.1) is 5.10 Å². The van der Waals surface area contributed by atoms with Crippen LogP contribution in [0.2, 0.25) is 0 Å². The van der Waals surface area contributed by atoms with Crippen LogP contribution < -0.4 is 0 Å². The van der Waals surface area contributed by atoms with Gasteiger partial charge < -0.3 is 0 Å². The lowest BCUT2D eigenvalue weighted by atomic mass is 10.1. The average molecular weight is 373 g/mol. The molecule has 0 N–H and O–H groups in total. The summed E-state index contributed by atoms with van der Waals surface area (Å²) in [5.41, 5.74) is 1.63. The molecule has 2 aromatic carbocycles. The molecule has 0 amide bonds. The second-order valence-electron chi connectivity index (χ2n) is 6.40. The molecule has 3 aromatic rings. The van der Waals surface area contributed by atoms with Gasteiger partial charge in [0.05, 0.1) is 17.8 Å². The fourth-order valence-electron chi connectivity index (χ4n) is 2.84. The van der Waals surface area contributed by atoms with Crippen molar-refractivity contribution >= 4 is 5.78 Å². The van der Waals surface area contributed by atoms with Crippen molar-refractivity contribution in [3.05, 3.63) is 82.7 Å². The minimum atomic E-state index is -4.38. The third kappa shape index (κ3) is 5.03. The number of aryl methyl sites for hydroxylation is 2. The minimum Gasteiger partial charge on any atom is -0.294 e. The Bertz CT molecular complexity index is 933. The number of benzene rings is 2. The first-order chi connectivity index (χ1) is 12.8. The molecular formula is C20H18F3N3O. The Morgan fingerprint density at radius 1 is 1.11 bits per heavy atom.